The lowest BCUT2D eigenvalue weighted by Gasteiger charge is -2.16. The Labute approximate surface area is 135 Å². The summed E-state index contributed by atoms with van der Waals surface area (Å²) in [6, 6.07) is 5.81. The smallest absolute Gasteiger partial charge is 0.0889 e. The van der Waals surface area contributed by atoms with Crippen LogP contribution in [-0.2, 0) is 0 Å². The highest BCUT2D eigenvalue weighted by Gasteiger charge is 2.17. The Hall–Kier alpha value is -1.64. The Morgan fingerprint density at radius 3 is 2.67 bits per heavy atom. The molecule has 0 fully saturated rings. The van der Waals surface area contributed by atoms with Crippen LogP contribution in [0, 0.1) is 6.92 Å². The highest BCUT2D eigenvalue weighted by molar-refractivity contribution is 6.48. The minimum Gasteiger partial charge on any atom is -0.261 e. The monoisotopic (exact) mass is 318 g/mol. The highest BCUT2D eigenvalue weighted by atomic mass is 35.5. The second-order valence-electron chi connectivity index (χ2n) is 4.73. The van der Waals surface area contributed by atoms with Crippen molar-refractivity contribution in [3.05, 3.63) is 60.1 Å². The maximum atomic E-state index is 6.32. The van der Waals surface area contributed by atoms with Crippen molar-refractivity contribution in [2.45, 2.75) is 19.2 Å². The zero-order valence-corrected chi connectivity index (χ0v) is 13.5. The normalized spacial score (nSPS) is 12.0. The molecule has 0 bridgehead atoms. The van der Waals surface area contributed by atoms with E-state index in [2.05, 4.69) is 23.1 Å². The summed E-state index contributed by atoms with van der Waals surface area (Å²) in [4.78, 5) is 8.98. The Bertz CT molecular complexity index is 706. The zero-order chi connectivity index (χ0) is 15.6. The molecule has 2 aromatic rings. The van der Waals surface area contributed by atoms with E-state index in [1.54, 1.807) is 12.3 Å². The molecule has 21 heavy (non-hydrogen) atoms. The van der Waals surface area contributed by atoms with Crippen LogP contribution in [-0.4, -0.2) is 9.97 Å². The molecule has 0 saturated heterocycles. The molecule has 2 aromatic heterocycles. The summed E-state index contributed by atoms with van der Waals surface area (Å²) in [5.41, 5.74) is 4.97. The predicted octanol–water partition coefficient (Wildman–Crippen LogP) is 5.60. The molecule has 0 amide bonds. The summed E-state index contributed by atoms with van der Waals surface area (Å²) < 4.78 is 0. The van der Waals surface area contributed by atoms with E-state index >= 15 is 0 Å². The van der Waals surface area contributed by atoms with Gasteiger partial charge in [0.1, 0.15) is 0 Å². The van der Waals surface area contributed by atoms with Gasteiger partial charge in [-0.25, -0.2) is 4.98 Å². The molecule has 1 unspecified atom stereocenters. The summed E-state index contributed by atoms with van der Waals surface area (Å²) in [6.45, 7) is 11.4. The second kappa shape index (κ2) is 6.42. The number of alkyl halides is 1. The molecule has 0 aliphatic rings. The van der Waals surface area contributed by atoms with Gasteiger partial charge in [-0.2, -0.15) is 0 Å². The number of rotatable bonds is 4. The molecule has 0 spiro atoms. The molecular formula is C17H16Cl2N2. The van der Waals surface area contributed by atoms with Crippen molar-refractivity contribution in [1.82, 2.24) is 9.97 Å². The third-order valence-electron chi connectivity index (χ3n) is 3.25. The van der Waals surface area contributed by atoms with E-state index in [4.69, 9.17) is 23.2 Å². The lowest BCUT2D eigenvalue weighted by Crippen LogP contribution is -2.01. The minimum atomic E-state index is -0.191. The van der Waals surface area contributed by atoms with Crippen molar-refractivity contribution in [3.63, 3.8) is 0 Å². The first-order valence-corrected chi connectivity index (χ1v) is 7.35. The second-order valence-corrected chi connectivity index (χ2v) is 5.84. The summed E-state index contributed by atoms with van der Waals surface area (Å²) in [5, 5.41) is 0.185. The quantitative estimate of drug-likeness (QED) is 0.685. The number of halogens is 2. The molecule has 0 aromatic carbocycles. The van der Waals surface area contributed by atoms with Gasteiger partial charge < -0.3 is 0 Å². The van der Waals surface area contributed by atoms with Crippen LogP contribution < -0.4 is 0 Å². The van der Waals surface area contributed by atoms with Gasteiger partial charge in [-0.1, -0.05) is 30.8 Å². The summed E-state index contributed by atoms with van der Waals surface area (Å²) in [7, 11) is 0. The van der Waals surface area contributed by atoms with Crippen LogP contribution >= 0.6 is 23.2 Å². The van der Waals surface area contributed by atoms with Gasteiger partial charge in [-0.05, 0) is 37.6 Å². The first kappa shape index (κ1) is 15.7. The standard InChI is InChI=1S/C17H16Cl2N2/c1-5-13-9-15(10(2)18)17(21-16(13)11(3)19)14-7-6-8-20-12(14)4/h5-10H,1,3H2,2,4H3. The predicted molar refractivity (Wildman–Crippen MR) is 91.5 cm³/mol. The molecular weight excluding hydrogens is 303 g/mol. The average Bonchev–Trinajstić information content (AvgIpc) is 2.46. The lowest BCUT2D eigenvalue weighted by molar-refractivity contribution is 1.05. The number of pyridine rings is 2. The van der Waals surface area contributed by atoms with Crippen molar-refractivity contribution in [2.24, 2.45) is 0 Å². The molecule has 0 aliphatic carbocycles. The van der Waals surface area contributed by atoms with Crippen LogP contribution in [0.3, 0.4) is 0 Å². The van der Waals surface area contributed by atoms with Crippen molar-refractivity contribution in [2.75, 3.05) is 0 Å². The van der Waals surface area contributed by atoms with E-state index in [1.807, 2.05) is 32.0 Å². The fourth-order valence-electron chi connectivity index (χ4n) is 2.17. The molecule has 4 heteroatoms. The average molecular weight is 319 g/mol. The van der Waals surface area contributed by atoms with E-state index < -0.39 is 0 Å². The first-order valence-electron chi connectivity index (χ1n) is 6.54. The van der Waals surface area contributed by atoms with Gasteiger partial charge in [-0.3, -0.25) is 4.98 Å². The summed E-state index contributed by atoms with van der Waals surface area (Å²) in [5.74, 6) is 0. The molecule has 2 rings (SSSR count). The molecule has 0 radical (unpaired) electrons. The molecule has 2 nitrogen and oxygen atoms in total. The zero-order valence-electron chi connectivity index (χ0n) is 12.0. The maximum Gasteiger partial charge on any atom is 0.0889 e. The minimum absolute atomic E-state index is 0.191. The fourth-order valence-corrected chi connectivity index (χ4v) is 2.49. The van der Waals surface area contributed by atoms with E-state index in [1.165, 1.54) is 0 Å². The van der Waals surface area contributed by atoms with Gasteiger partial charge in [0.15, 0.2) is 0 Å². The van der Waals surface area contributed by atoms with Gasteiger partial charge in [0.2, 0.25) is 0 Å². The van der Waals surface area contributed by atoms with Gasteiger partial charge in [-0.15, -0.1) is 11.6 Å². The summed E-state index contributed by atoms with van der Waals surface area (Å²) >= 11 is 12.4. The molecule has 0 aliphatic heterocycles. The Balaban J connectivity index is 2.80. The fraction of sp³-hybridized carbons (Fsp3) is 0.176. The molecule has 0 saturated carbocycles. The Kier molecular flexibility index (Phi) is 4.81. The van der Waals surface area contributed by atoms with Crippen LogP contribution in [0.25, 0.3) is 22.4 Å². The van der Waals surface area contributed by atoms with Crippen molar-refractivity contribution < 1.29 is 0 Å². The van der Waals surface area contributed by atoms with Gasteiger partial charge in [0.25, 0.3) is 0 Å². The lowest BCUT2D eigenvalue weighted by atomic mass is 9.99. The van der Waals surface area contributed by atoms with Gasteiger partial charge >= 0.3 is 0 Å². The number of nitrogens with zero attached hydrogens (tertiary/aromatic N) is 2. The van der Waals surface area contributed by atoms with E-state index in [0.29, 0.717) is 10.7 Å². The third-order valence-corrected chi connectivity index (χ3v) is 3.66. The number of hydrogen-bond donors (Lipinski definition) is 0. The van der Waals surface area contributed by atoms with Crippen LogP contribution in [0.1, 0.15) is 34.8 Å². The SMILES string of the molecule is C=Cc1cc(C(C)Cl)c(-c2cccnc2C)nc1C(=C)Cl. The Morgan fingerprint density at radius 1 is 1.43 bits per heavy atom. The largest absolute Gasteiger partial charge is 0.261 e. The molecule has 1 atom stereocenters. The Morgan fingerprint density at radius 2 is 2.14 bits per heavy atom. The van der Waals surface area contributed by atoms with E-state index in [-0.39, 0.29) is 5.38 Å². The van der Waals surface area contributed by atoms with E-state index in [9.17, 15) is 0 Å². The van der Waals surface area contributed by atoms with Crippen LogP contribution in [0.5, 0.6) is 0 Å². The van der Waals surface area contributed by atoms with Crippen molar-refractivity contribution >= 4 is 34.3 Å². The number of hydrogen-bond acceptors (Lipinski definition) is 2. The van der Waals surface area contributed by atoms with Crippen LogP contribution in [0.2, 0.25) is 0 Å². The number of aryl methyl sites for hydroxylation is 1. The van der Waals surface area contributed by atoms with Crippen molar-refractivity contribution in [3.8, 4) is 11.3 Å². The van der Waals surface area contributed by atoms with E-state index in [0.717, 1.165) is 28.1 Å². The molecule has 108 valence electrons. The van der Waals surface area contributed by atoms with Crippen LogP contribution in [0.15, 0.2) is 37.6 Å². The van der Waals surface area contributed by atoms with Gasteiger partial charge in [0.05, 0.1) is 21.8 Å². The highest BCUT2D eigenvalue weighted by Crippen LogP contribution is 2.35. The van der Waals surface area contributed by atoms with Crippen LogP contribution in [0.4, 0.5) is 0 Å². The van der Waals surface area contributed by atoms with Gasteiger partial charge in [0, 0.05) is 23.0 Å². The van der Waals surface area contributed by atoms with Crippen molar-refractivity contribution in [1.29, 1.82) is 0 Å². The molecule has 0 N–H and O–H groups in total. The topological polar surface area (TPSA) is 25.8 Å². The number of aromatic nitrogens is 2. The maximum absolute atomic E-state index is 6.32. The molecule has 2 heterocycles. The third kappa shape index (κ3) is 3.17. The first-order chi connectivity index (χ1) is 9.95. The summed E-state index contributed by atoms with van der Waals surface area (Å²) in [6.07, 6.45) is 3.46.